The van der Waals surface area contributed by atoms with E-state index in [4.69, 9.17) is 16.9 Å². The molecule has 0 radical (unpaired) electrons. The van der Waals surface area contributed by atoms with Gasteiger partial charge in [-0.05, 0) is 36.1 Å². The van der Waals surface area contributed by atoms with Gasteiger partial charge in [0.1, 0.15) is 10.8 Å². The molecular weight excluding hydrogens is 308 g/mol. The van der Waals surface area contributed by atoms with Gasteiger partial charge in [0.25, 0.3) is 0 Å². The highest BCUT2D eigenvalue weighted by atomic mass is 35.5. The van der Waals surface area contributed by atoms with Crippen molar-refractivity contribution in [2.24, 2.45) is 0 Å². The van der Waals surface area contributed by atoms with Gasteiger partial charge in [-0.25, -0.2) is 0 Å². The van der Waals surface area contributed by atoms with Gasteiger partial charge >= 0.3 is 0 Å². The highest BCUT2D eigenvalue weighted by molar-refractivity contribution is 7.98. The molecule has 0 aliphatic carbocycles. The van der Waals surface area contributed by atoms with E-state index in [2.05, 4.69) is 31.6 Å². The predicted octanol–water partition coefficient (Wildman–Crippen LogP) is 3.34. The molecule has 3 aromatic rings. The molecule has 0 atom stereocenters. The number of hydrogen-bond acceptors (Lipinski definition) is 6. The molecule has 0 aliphatic rings. The van der Waals surface area contributed by atoms with E-state index in [-0.39, 0.29) is 5.28 Å². The number of thioether (sulfide) groups is 1. The Bertz CT molecular complexity index is 853. The fraction of sp³-hybridized carbons (Fsp3) is 0.0769. The molecule has 1 aromatic carbocycles. The van der Waals surface area contributed by atoms with Crippen LogP contribution in [0.15, 0.2) is 29.3 Å². The number of nitriles is 1. The van der Waals surface area contributed by atoms with Gasteiger partial charge in [-0.1, -0.05) is 6.07 Å². The van der Waals surface area contributed by atoms with E-state index < -0.39 is 0 Å². The van der Waals surface area contributed by atoms with Crippen LogP contribution in [-0.2, 0) is 0 Å². The fourth-order valence-electron chi connectivity index (χ4n) is 1.92. The maximum atomic E-state index is 8.95. The topological polar surface area (TPSA) is 90.3 Å². The minimum atomic E-state index is 0.123. The van der Waals surface area contributed by atoms with Gasteiger partial charge < -0.3 is 5.32 Å². The van der Waals surface area contributed by atoms with Gasteiger partial charge in [-0.2, -0.15) is 20.3 Å². The minimum absolute atomic E-state index is 0.123. The number of benzene rings is 1. The summed E-state index contributed by atoms with van der Waals surface area (Å²) in [6.45, 7) is 0. The standard InChI is InChI=1S/C13H9ClN6S/c1-21-12-9-10(17-13(14)18-11(9)19-20-12)16-8-4-2-3-7(5-8)6-15/h2-5H,1H3,(H2,16,17,18,19,20). The Hall–Kier alpha value is -2.30. The van der Waals surface area contributed by atoms with E-state index in [9.17, 15) is 0 Å². The first kappa shape index (κ1) is 13.7. The van der Waals surface area contributed by atoms with Gasteiger partial charge in [0.05, 0.1) is 17.0 Å². The summed E-state index contributed by atoms with van der Waals surface area (Å²) >= 11 is 7.42. The van der Waals surface area contributed by atoms with Crippen LogP contribution >= 0.6 is 23.4 Å². The summed E-state index contributed by atoms with van der Waals surface area (Å²) < 4.78 is 0. The summed E-state index contributed by atoms with van der Waals surface area (Å²) in [7, 11) is 0. The average molecular weight is 317 g/mol. The number of rotatable bonds is 3. The second-order valence-corrected chi connectivity index (χ2v) is 5.25. The quantitative estimate of drug-likeness (QED) is 0.569. The lowest BCUT2D eigenvalue weighted by Gasteiger charge is -2.07. The molecule has 6 nitrogen and oxygen atoms in total. The molecule has 0 saturated carbocycles. The zero-order valence-corrected chi connectivity index (χ0v) is 12.5. The summed E-state index contributed by atoms with van der Waals surface area (Å²) in [5.74, 6) is 0.554. The number of hydrogen-bond donors (Lipinski definition) is 2. The molecular formula is C13H9ClN6S. The maximum Gasteiger partial charge on any atom is 0.226 e. The Morgan fingerprint density at radius 1 is 1.38 bits per heavy atom. The highest BCUT2D eigenvalue weighted by Gasteiger charge is 2.14. The van der Waals surface area contributed by atoms with Crippen LogP contribution in [0, 0.1) is 11.3 Å². The molecule has 0 aliphatic heterocycles. The highest BCUT2D eigenvalue weighted by Crippen LogP contribution is 2.31. The molecule has 0 saturated heterocycles. The van der Waals surface area contributed by atoms with E-state index in [0.29, 0.717) is 17.0 Å². The largest absolute Gasteiger partial charge is 0.339 e. The van der Waals surface area contributed by atoms with Crippen molar-refractivity contribution < 1.29 is 0 Å². The third-order valence-corrected chi connectivity index (χ3v) is 3.66. The third kappa shape index (κ3) is 2.63. The number of aromatic nitrogens is 4. The first-order chi connectivity index (χ1) is 10.2. The number of aromatic amines is 1. The fourth-order valence-corrected chi connectivity index (χ4v) is 2.62. The van der Waals surface area contributed by atoms with Crippen molar-refractivity contribution in [2.75, 3.05) is 11.6 Å². The Morgan fingerprint density at radius 2 is 2.24 bits per heavy atom. The molecule has 21 heavy (non-hydrogen) atoms. The zero-order chi connectivity index (χ0) is 14.8. The number of H-pyrrole nitrogens is 1. The Morgan fingerprint density at radius 3 is 3.00 bits per heavy atom. The zero-order valence-electron chi connectivity index (χ0n) is 10.9. The van der Waals surface area contributed by atoms with Crippen molar-refractivity contribution in [2.45, 2.75) is 5.03 Å². The van der Waals surface area contributed by atoms with Crippen LogP contribution in [0.1, 0.15) is 5.56 Å². The molecule has 0 fully saturated rings. The second-order valence-electron chi connectivity index (χ2n) is 4.12. The van der Waals surface area contributed by atoms with Crippen LogP contribution in [0.25, 0.3) is 11.0 Å². The molecule has 2 N–H and O–H groups in total. The molecule has 0 bridgehead atoms. The molecule has 2 heterocycles. The van der Waals surface area contributed by atoms with Crippen molar-refractivity contribution in [3.63, 3.8) is 0 Å². The van der Waals surface area contributed by atoms with E-state index in [1.807, 2.05) is 12.3 Å². The molecule has 0 amide bonds. The smallest absolute Gasteiger partial charge is 0.226 e. The molecule has 0 spiro atoms. The SMILES string of the molecule is CSc1n[nH]c2nc(Cl)nc(Nc3cccc(C#N)c3)c12. The van der Waals surface area contributed by atoms with Gasteiger partial charge in [0.15, 0.2) is 5.65 Å². The van der Waals surface area contributed by atoms with Crippen LogP contribution < -0.4 is 5.32 Å². The lowest BCUT2D eigenvalue weighted by molar-refractivity contribution is 1.02. The average Bonchev–Trinajstić information content (AvgIpc) is 2.90. The number of halogens is 1. The second kappa shape index (κ2) is 5.60. The van der Waals surface area contributed by atoms with Gasteiger partial charge in [0.2, 0.25) is 5.28 Å². The Labute approximate surface area is 129 Å². The van der Waals surface area contributed by atoms with E-state index >= 15 is 0 Å². The lowest BCUT2D eigenvalue weighted by Crippen LogP contribution is -1.97. The van der Waals surface area contributed by atoms with E-state index in [1.54, 1.807) is 18.2 Å². The molecule has 3 rings (SSSR count). The van der Waals surface area contributed by atoms with Crippen LogP contribution in [-0.4, -0.2) is 26.4 Å². The van der Waals surface area contributed by atoms with Gasteiger partial charge in [-0.3, -0.25) is 5.10 Å². The van der Waals surface area contributed by atoms with Crippen molar-refractivity contribution in [1.82, 2.24) is 20.2 Å². The van der Waals surface area contributed by atoms with Crippen molar-refractivity contribution >= 4 is 45.9 Å². The van der Waals surface area contributed by atoms with Crippen LogP contribution in [0.3, 0.4) is 0 Å². The summed E-state index contributed by atoms with van der Waals surface area (Å²) in [4.78, 5) is 8.33. The normalized spacial score (nSPS) is 10.5. The van der Waals surface area contributed by atoms with Gasteiger partial charge in [0, 0.05) is 5.69 Å². The Kier molecular flexibility index (Phi) is 3.64. The number of nitrogens with one attached hydrogen (secondary N) is 2. The number of anilines is 2. The van der Waals surface area contributed by atoms with Crippen molar-refractivity contribution in [3.05, 3.63) is 35.1 Å². The first-order valence-electron chi connectivity index (χ1n) is 5.94. The third-order valence-electron chi connectivity index (χ3n) is 2.81. The lowest BCUT2D eigenvalue weighted by atomic mass is 10.2. The molecule has 0 unspecified atom stereocenters. The maximum absolute atomic E-state index is 8.95. The first-order valence-corrected chi connectivity index (χ1v) is 7.54. The molecule has 2 aromatic heterocycles. The van der Waals surface area contributed by atoms with Gasteiger partial charge in [-0.15, -0.1) is 11.8 Å². The van der Waals surface area contributed by atoms with Crippen molar-refractivity contribution in [1.29, 1.82) is 5.26 Å². The predicted molar refractivity (Wildman–Crippen MR) is 82.9 cm³/mol. The Balaban J connectivity index is 2.11. The summed E-state index contributed by atoms with van der Waals surface area (Å²) in [6.07, 6.45) is 1.92. The number of fused-ring (bicyclic) bond motifs is 1. The van der Waals surface area contributed by atoms with Crippen LogP contribution in [0.4, 0.5) is 11.5 Å². The summed E-state index contributed by atoms with van der Waals surface area (Å²) in [6, 6.07) is 9.22. The van der Waals surface area contributed by atoms with Crippen molar-refractivity contribution in [3.8, 4) is 6.07 Å². The summed E-state index contributed by atoms with van der Waals surface area (Å²) in [5.41, 5.74) is 1.88. The van der Waals surface area contributed by atoms with Crippen LogP contribution in [0.5, 0.6) is 0 Å². The number of nitrogens with zero attached hydrogens (tertiary/aromatic N) is 4. The molecule has 8 heteroatoms. The minimum Gasteiger partial charge on any atom is -0.339 e. The monoisotopic (exact) mass is 316 g/mol. The molecule has 104 valence electrons. The van der Waals surface area contributed by atoms with E-state index in [0.717, 1.165) is 16.1 Å². The van der Waals surface area contributed by atoms with E-state index in [1.165, 1.54) is 11.8 Å². The van der Waals surface area contributed by atoms with Crippen LogP contribution in [0.2, 0.25) is 5.28 Å². The summed E-state index contributed by atoms with van der Waals surface area (Å²) in [5, 5.41) is 20.8.